The molecule has 1 aliphatic carbocycles. The third-order valence-electron chi connectivity index (χ3n) is 4.79. The summed E-state index contributed by atoms with van der Waals surface area (Å²) in [6.45, 7) is 2.22. The van der Waals surface area contributed by atoms with E-state index in [1.165, 1.54) is 43.4 Å². The van der Waals surface area contributed by atoms with Gasteiger partial charge >= 0.3 is 0 Å². The summed E-state index contributed by atoms with van der Waals surface area (Å²) < 4.78 is 0. The number of anilines is 2. The van der Waals surface area contributed by atoms with Gasteiger partial charge in [-0.3, -0.25) is 14.9 Å². The number of amides is 2. The van der Waals surface area contributed by atoms with Gasteiger partial charge in [0.05, 0.1) is 0 Å². The molecule has 2 aromatic rings. The van der Waals surface area contributed by atoms with Crippen LogP contribution in [-0.4, -0.2) is 22.0 Å². The van der Waals surface area contributed by atoms with Crippen LogP contribution in [0, 0.1) is 5.92 Å². The third-order valence-corrected chi connectivity index (χ3v) is 5.69. The van der Waals surface area contributed by atoms with Crippen LogP contribution in [0.1, 0.15) is 73.7 Å². The van der Waals surface area contributed by atoms with Crippen LogP contribution >= 0.6 is 11.3 Å². The molecule has 0 saturated heterocycles. The molecule has 0 spiro atoms. The van der Waals surface area contributed by atoms with Crippen LogP contribution in [0.15, 0.2) is 24.3 Å². The van der Waals surface area contributed by atoms with Crippen LogP contribution in [0.3, 0.4) is 0 Å². The fraction of sp³-hybridized carbons (Fsp3) is 0.524. The van der Waals surface area contributed by atoms with Crippen molar-refractivity contribution in [3.8, 4) is 0 Å². The lowest BCUT2D eigenvalue weighted by Gasteiger charge is -2.05. The highest BCUT2D eigenvalue weighted by Crippen LogP contribution is 2.30. The standard InChI is InChI=1S/C21H28N4O2S/c1-2-3-4-5-6-7-8-18-24-25-21(28-18)23-20(27)16-11-13-17(14-12-16)22-19(26)15-9-10-15/h11-15H,2-10H2,1H3,(H,22,26)(H,23,25,27). The number of nitrogens with zero attached hydrogens (tertiary/aromatic N) is 2. The minimum atomic E-state index is -0.220. The number of carbonyl (C=O) groups excluding carboxylic acids is 2. The summed E-state index contributed by atoms with van der Waals surface area (Å²) >= 11 is 1.43. The number of rotatable bonds is 11. The van der Waals surface area contributed by atoms with E-state index in [0.717, 1.165) is 30.7 Å². The van der Waals surface area contributed by atoms with Crippen molar-refractivity contribution in [3.63, 3.8) is 0 Å². The molecule has 1 aromatic carbocycles. The fourth-order valence-corrected chi connectivity index (χ4v) is 3.70. The molecule has 0 aliphatic heterocycles. The van der Waals surface area contributed by atoms with Crippen LogP contribution in [0.5, 0.6) is 0 Å². The second kappa shape index (κ2) is 10.3. The summed E-state index contributed by atoms with van der Waals surface area (Å²) in [5.74, 6) is -0.00259. The van der Waals surface area contributed by atoms with E-state index < -0.39 is 0 Å². The van der Waals surface area contributed by atoms with Crippen molar-refractivity contribution in [3.05, 3.63) is 34.8 Å². The first-order chi connectivity index (χ1) is 13.7. The van der Waals surface area contributed by atoms with E-state index in [0.29, 0.717) is 16.4 Å². The summed E-state index contributed by atoms with van der Waals surface area (Å²) in [4.78, 5) is 24.1. The highest BCUT2D eigenvalue weighted by molar-refractivity contribution is 7.15. The summed E-state index contributed by atoms with van der Waals surface area (Å²) in [7, 11) is 0. The Morgan fingerprint density at radius 3 is 2.43 bits per heavy atom. The molecule has 1 heterocycles. The second-order valence-electron chi connectivity index (χ2n) is 7.31. The van der Waals surface area contributed by atoms with Crippen molar-refractivity contribution in [1.29, 1.82) is 0 Å². The van der Waals surface area contributed by atoms with Gasteiger partial charge in [0.15, 0.2) is 0 Å². The lowest BCUT2D eigenvalue weighted by Crippen LogP contribution is -2.14. The number of aryl methyl sites for hydroxylation is 1. The molecule has 7 heteroatoms. The summed E-state index contributed by atoms with van der Waals surface area (Å²) in [5.41, 5.74) is 1.24. The molecule has 2 N–H and O–H groups in total. The molecule has 3 rings (SSSR count). The van der Waals surface area contributed by atoms with Gasteiger partial charge in [0.2, 0.25) is 11.0 Å². The molecule has 0 atom stereocenters. The van der Waals surface area contributed by atoms with E-state index in [1.807, 2.05) is 0 Å². The highest BCUT2D eigenvalue weighted by Gasteiger charge is 2.29. The molecule has 1 aliphatic rings. The van der Waals surface area contributed by atoms with E-state index >= 15 is 0 Å². The predicted molar refractivity (Wildman–Crippen MR) is 113 cm³/mol. The predicted octanol–water partition coefficient (Wildman–Crippen LogP) is 5.04. The van der Waals surface area contributed by atoms with Gasteiger partial charge in [0.1, 0.15) is 5.01 Å². The molecule has 0 unspecified atom stereocenters. The molecule has 28 heavy (non-hydrogen) atoms. The average molecular weight is 401 g/mol. The second-order valence-corrected chi connectivity index (χ2v) is 8.38. The number of hydrogen-bond acceptors (Lipinski definition) is 5. The molecule has 1 aromatic heterocycles. The molecular weight excluding hydrogens is 372 g/mol. The fourth-order valence-electron chi connectivity index (χ4n) is 2.93. The molecule has 1 saturated carbocycles. The first-order valence-corrected chi connectivity index (χ1v) is 11.0. The largest absolute Gasteiger partial charge is 0.326 e. The monoisotopic (exact) mass is 400 g/mol. The van der Waals surface area contributed by atoms with Crippen molar-refractivity contribution >= 4 is 34.0 Å². The Bertz CT molecular complexity index is 784. The molecule has 2 amide bonds. The maximum atomic E-state index is 12.4. The van der Waals surface area contributed by atoms with Gasteiger partial charge in [-0.25, -0.2) is 0 Å². The van der Waals surface area contributed by atoms with Gasteiger partial charge < -0.3 is 5.32 Å². The number of aromatic nitrogens is 2. The van der Waals surface area contributed by atoms with Crippen LogP contribution in [0.2, 0.25) is 0 Å². The lowest BCUT2D eigenvalue weighted by atomic mass is 10.1. The zero-order valence-corrected chi connectivity index (χ0v) is 17.2. The van der Waals surface area contributed by atoms with Crippen molar-refractivity contribution in [2.24, 2.45) is 5.92 Å². The van der Waals surface area contributed by atoms with E-state index in [9.17, 15) is 9.59 Å². The van der Waals surface area contributed by atoms with Crippen LogP contribution in [0.4, 0.5) is 10.8 Å². The van der Waals surface area contributed by atoms with E-state index in [4.69, 9.17) is 0 Å². The number of unbranched alkanes of at least 4 members (excludes halogenated alkanes) is 5. The summed E-state index contributed by atoms with van der Waals surface area (Å²) in [6, 6.07) is 6.91. The van der Waals surface area contributed by atoms with Gasteiger partial charge in [-0.05, 0) is 43.5 Å². The topological polar surface area (TPSA) is 84.0 Å². The Morgan fingerprint density at radius 1 is 1.00 bits per heavy atom. The number of hydrogen-bond donors (Lipinski definition) is 2. The van der Waals surface area contributed by atoms with Gasteiger partial charge in [0.25, 0.3) is 5.91 Å². The SMILES string of the molecule is CCCCCCCCc1nnc(NC(=O)c2ccc(NC(=O)C3CC3)cc2)s1. The zero-order chi connectivity index (χ0) is 19.8. The van der Waals surface area contributed by atoms with Gasteiger partial charge in [-0.2, -0.15) is 0 Å². The average Bonchev–Trinajstić information content (AvgIpc) is 3.46. The quantitative estimate of drug-likeness (QED) is 0.517. The van der Waals surface area contributed by atoms with Crippen LogP contribution in [-0.2, 0) is 11.2 Å². The summed E-state index contributed by atoms with van der Waals surface area (Å²) in [6.07, 6.45) is 10.3. The molecular formula is C21H28N4O2S. The molecule has 0 bridgehead atoms. The molecule has 150 valence electrons. The molecule has 1 fully saturated rings. The van der Waals surface area contributed by atoms with Crippen molar-refractivity contribution in [2.75, 3.05) is 10.6 Å². The Morgan fingerprint density at radius 2 is 1.71 bits per heavy atom. The van der Waals surface area contributed by atoms with Crippen molar-refractivity contribution < 1.29 is 9.59 Å². The van der Waals surface area contributed by atoms with Crippen LogP contribution < -0.4 is 10.6 Å². The smallest absolute Gasteiger partial charge is 0.257 e. The van der Waals surface area contributed by atoms with Crippen molar-refractivity contribution in [1.82, 2.24) is 10.2 Å². The first-order valence-electron chi connectivity index (χ1n) is 10.2. The van der Waals surface area contributed by atoms with E-state index in [2.05, 4.69) is 27.8 Å². The highest BCUT2D eigenvalue weighted by atomic mass is 32.1. The van der Waals surface area contributed by atoms with Crippen LogP contribution in [0.25, 0.3) is 0 Å². The number of carbonyl (C=O) groups is 2. The lowest BCUT2D eigenvalue weighted by molar-refractivity contribution is -0.117. The zero-order valence-electron chi connectivity index (χ0n) is 16.4. The Balaban J connectivity index is 1.42. The number of nitrogens with one attached hydrogen (secondary N) is 2. The number of benzene rings is 1. The van der Waals surface area contributed by atoms with Gasteiger partial charge in [-0.15, -0.1) is 10.2 Å². The first kappa shape index (κ1) is 20.5. The third kappa shape index (κ3) is 6.41. The molecule has 6 nitrogen and oxygen atoms in total. The van der Waals surface area contributed by atoms with Gasteiger partial charge in [0, 0.05) is 23.6 Å². The maximum Gasteiger partial charge on any atom is 0.257 e. The van der Waals surface area contributed by atoms with Crippen molar-refractivity contribution in [2.45, 2.75) is 64.7 Å². The van der Waals surface area contributed by atoms with E-state index in [-0.39, 0.29) is 17.7 Å². The summed E-state index contributed by atoms with van der Waals surface area (Å²) in [5, 5.41) is 15.4. The Kier molecular flexibility index (Phi) is 7.54. The minimum Gasteiger partial charge on any atom is -0.326 e. The maximum absolute atomic E-state index is 12.4. The Hall–Kier alpha value is -2.28. The normalized spacial score (nSPS) is 13.3. The minimum absolute atomic E-state index is 0.0592. The Labute approximate surface area is 170 Å². The van der Waals surface area contributed by atoms with E-state index in [1.54, 1.807) is 24.3 Å². The van der Waals surface area contributed by atoms with Gasteiger partial charge in [-0.1, -0.05) is 50.4 Å². The molecule has 0 radical (unpaired) electrons.